The normalized spacial score (nSPS) is 11.9. The van der Waals surface area contributed by atoms with Crippen LogP contribution < -0.4 is 5.32 Å². The summed E-state index contributed by atoms with van der Waals surface area (Å²) in [6.45, 7) is 3.63. The monoisotopic (exact) mass is 192 g/mol. The van der Waals surface area contributed by atoms with Gasteiger partial charge in [0.25, 0.3) is 0 Å². The number of anilines is 1. The number of halogens is 1. The summed E-state index contributed by atoms with van der Waals surface area (Å²) in [5.74, 6) is -0.222. The highest BCUT2D eigenvalue weighted by Crippen LogP contribution is 2.14. The number of aryl methyl sites for hydroxylation is 1. The zero-order valence-electron chi connectivity index (χ0n) is 8.34. The third kappa shape index (κ3) is 2.46. The number of nitrogens with zero attached hydrogens (tertiary/aromatic N) is 1. The van der Waals surface area contributed by atoms with E-state index in [1.54, 1.807) is 19.1 Å². The van der Waals surface area contributed by atoms with Gasteiger partial charge in [0, 0.05) is 5.69 Å². The Morgan fingerprint density at radius 3 is 2.79 bits per heavy atom. The van der Waals surface area contributed by atoms with Crippen LogP contribution in [0.15, 0.2) is 18.2 Å². The molecule has 1 aromatic carbocycles. The molecule has 0 saturated carbocycles. The maximum atomic E-state index is 12.9. The van der Waals surface area contributed by atoms with Crippen LogP contribution in [-0.2, 0) is 0 Å². The van der Waals surface area contributed by atoms with Crippen molar-refractivity contribution in [3.05, 3.63) is 29.6 Å². The summed E-state index contributed by atoms with van der Waals surface area (Å²) in [6, 6.07) is 6.67. The summed E-state index contributed by atoms with van der Waals surface area (Å²) in [5.41, 5.74) is 1.38. The predicted molar refractivity (Wildman–Crippen MR) is 54.5 cm³/mol. The summed E-state index contributed by atoms with van der Waals surface area (Å²) >= 11 is 0. The van der Waals surface area contributed by atoms with E-state index in [1.165, 1.54) is 6.07 Å². The molecule has 2 nitrogen and oxygen atoms in total. The molecule has 0 amide bonds. The molecule has 0 aliphatic rings. The third-order valence-electron chi connectivity index (χ3n) is 2.06. The van der Waals surface area contributed by atoms with Gasteiger partial charge in [-0.3, -0.25) is 0 Å². The highest BCUT2D eigenvalue weighted by molar-refractivity contribution is 5.47. The lowest BCUT2D eigenvalue weighted by molar-refractivity contribution is 0.618. The van der Waals surface area contributed by atoms with Gasteiger partial charge in [0.2, 0.25) is 0 Å². The zero-order valence-corrected chi connectivity index (χ0v) is 8.34. The summed E-state index contributed by atoms with van der Waals surface area (Å²) in [7, 11) is 0. The molecule has 74 valence electrons. The summed E-state index contributed by atoms with van der Waals surface area (Å²) < 4.78 is 12.9. The second-order valence-electron chi connectivity index (χ2n) is 3.20. The molecule has 1 unspecified atom stereocenters. The fourth-order valence-corrected chi connectivity index (χ4v) is 1.16. The first kappa shape index (κ1) is 10.5. The van der Waals surface area contributed by atoms with Gasteiger partial charge in [-0.1, -0.05) is 6.92 Å². The molecule has 0 heterocycles. The summed E-state index contributed by atoms with van der Waals surface area (Å²) in [5, 5.41) is 11.7. The van der Waals surface area contributed by atoms with E-state index in [0.29, 0.717) is 5.56 Å². The maximum absolute atomic E-state index is 12.9. The van der Waals surface area contributed by atoms with Crippen molar-refractivity contribution in [2.24, 2.45) is 0 Å². The van der Waals surface area contributed by atoms with E-state index in [9.17, 15) is 4.39 Å². The minimum Gasteiger partial charge on any atom is -0.370 e. The van der Waals surface area contributed by atoms with Gasteiger partial charge in [0.15, 0.2) is 0 Å². The van der Waals surface area contributed by atoms with E-state index in [4.69, 9.17) is 5.26 Å². The number of rotatable bonds is 3. The standard InChI is InChI=1S/C11H13FN2/c1-3-9(7-13)14-10-4-5-11(12)8(2)6-10/h4-6,9,14H,3H2,1-2H3. The van der Waals surface area contributed by atoms with Crippen LogP contribution in [0.3, 0.4) is 0 Å². The first-order chi connectivity index (χ1) is 6.67. The number of nitrogens with one attached hydrogen (secondary N) is 1. The summed E-state index contributed by atoms with van der Waals surface area (Å²) in [4.78, 5) is 0. The van der Waals surface area contributed by atoms with E-state index < -0.39 is 0 Å². The van der Waals surface area contributed by atoms with E-state index in [2.05, 4.69) is 11.4 Å². The van der Waals surface area contributed by atoms with Crippen LogP contribution in [0.1, 0.15) is 18.9 Å². The van der Waals surface area contributed by atoms with Crippen molar-refractivity contribution < 1.29 is 4.39 Å². The third-order valence-corrected chi connectivity index (χ3v) is 2.06. The summed E-state index contributed by atoms with van der Waals surface area (Å²) in [6.07, 6.45) is 0.729. The average Bonchev–Trinajstić information content (AvgIpc) is 2.19. The molecule has 14 heavy (non-hydrogen) atoms. The van der Waals surface area contributed by atoms with E-state index >= 15 is 0 Å². The number of hydrogen-bond donors (Lipinski definition) is 1. The first-order valence-electron chi connectivity index (χ1n) is 4.59. The van der Waals surface area contributed by atoms with Crippen molar-refractivity contribution in [2.75, 3.05) is 5.32 Å². The molecule has 0 aliphatic carbocycles. The molecule has 0 saturated heterocycles. The lowest BCUT2D eigenvalue weighted by Crippen LogP contribution is -2.15. The molecule has 1 atom stereocenters. The Labute approximate surface area is 83.4 Å². The fraction of sp³-hybridized carbons (Fsp3) is 0.364. The Morgan fingerprint density at radius 1 is 1.57 bits per heavy atom. The molecule has 0 fully saturated rings. The highest BCUT2D eigenvalue weighted by atomic mass is 19.1. The van der Waals surface area contributed by atoms with Gasteiger partial charge in [0.05, 0.1) is 6.07 Å². The largest absolute Gasteiger partial charge is 0.370 e. The Balaban J connectivity index is 2.78. The van der Waals surface area contributed by atoms with Gasteiger partial charge in [0.1, 0.15) is 11.9 Å². The molecule has 0 spiro atoms. The highest BCUT2D eigenvalue weighted by Gasteiger charge is 2.04. The van der Waals surface area contributed by atoms with Crippen molar-refractivity contribution in [1.82, 2.24) is 0 Å². The maximum Gasteiger partial charge on any atom is 0.126 e. The van der Waals surface area contributed by atoms with Crippen LogP contribution in [0.5, 0.6) is 0 Å². The Hall–Kier alpha value is -1.56. The molecule has 0 aliphatic heterocycles. The number of hydrogen-bond acceptors (Lipinski definition) is 2. The van der Waals surface area contributed by atoms with Gasteiger partial charge in [-0.05, 0) is 37.1 Å². The fourth-order valence-electron chi connectivity index (χ4n) is 1.16. The minimum atomic E-state index is -0.222. The molecule has 0 radical (unpaired) electrons. The topological polar surface area (TPSA) is 35.8 Å². The molecular formula is C11H13FN2. The molecular weight excluding hydrogens is 179 g/mol. The number of benzene rings is 1. The Kier molecular flexibility index (Phi) is 3.47. The van der Waals surface area contributed by atoms with Crippen LogP contribution in [0.4, 0.5) is 10.1 Å². The van der Waals surface area contributed by atoms with Gasteiger partial charge in [-0.25, -0.2) is 4.39 Å². The van der Waals surface area contributed by atoms with Crippen molar-refractivity contribution in [1.29, 1.82) is 5.26 Å². The van der Waals surface area contributed by atoms with Gasteiger partial charge in [-0.2, -0.15) is 5.26 Å². The quantitative estimate of drug-likeness (QED) is 0.799. The molecule has 1 aromatic rings. The zero-order chi connectivity index (χ0) is 10.6. The van der Waals surface area contributed by atoms with Gasteiger partial charge in [-0.15, -0.1) is 0 Å². The van der Waals surface area contributed by atoms with Gasteiger partial charge < -0.3 is 5.32 Å². The molecule has 0 aromatic heterocycles. The number of nitriles is 1. The molecule has 1 N–H and O–H groups in total. The van der Waals surface area contributed by atoms with E-state index in [1.807, 2.05) is 6.92 Å². The first-order valence-corrected chi connectivity index (χ1v) is 4.59. The lowest BCUT2D eigenvalue weighted by atomic mass is 10.2. The van der Waals surface area contributed by atoms with Crippen molar-refractivity contribution >= 4 is 5.69 Å². The smallest absolute Gasteiger partial charge is 0.126 e. The van der Waals surface area contributed by atoms with E-state index in [0.717, 1.165) is 12.1 Å². The van der Waals surface area contributed by atoms with Crippen molar-refractivity contribution in [2.45, 2.75) is 26.3 Å². The SMILES string of the molecule is CCC(C#N)Nc1ccc(F)c(C)c1. The van der Waals surface area contributed by atoms with Crippen LogP contribution in [0, 0.1) is 24.1 Å². The Bertz CT molecular complexity index is 355. The molecule has 1 rings (SSSR count). The Morgan fingerprint density at radius 2 is 2.29 bits per heavy atom. The van der Waals surface area contributed by atoms with Gasteiger partial charge >= 0.3 is 0 Å². The van der Waals surface area contributed by atoms with Crippen LogP contribution in [-0.4, -0.2) is 6.04 Å². The van der Waals surface area contributed by atoms with Crippen LogP contribution in [0.25, 0.3) is 0 Å². The minimum absolute atomic E-state index is 0.208. The predicted octanol–water partition coefficient (Wildman–Crippen LogP) is 2.85. The second-order valence-corrected chi connectivity index (χ2v) is 3.20. The second kappa shape index (κ2) is 4.61. The van der Waals surface area contributed by atoms with Crippen molar-refractivity contribution in [3.8, 4) is 6.07 Å². The molecule has 3 heteroatoms. The lowest BCUT2D eigenvalue weighted by Gasteiger charge is -2.11. The van der Waals surface area contributed by atoms with Crippen LogP contribution in [0.2, 0.25) is 0 Å². The van der Waals surface area contributed by atoms with E-state index in [-0.39, 0.29) is 11.9 Å². The average molecular weight is 192 g/mol. The van der Waals surface area contributed by atoms with Crippen molar-refractivity contribution in [3.63, 3.8) is 0 Å². The van der Waals surface area contributed by atoms with Crippen LogP contribution >= 0.6 is 0 Å². The molecule has 0 bridgehead atoms.